The van der Waals surface area contributed by atoms with Gasteiger partial charge in [-0.3, -0.25) is 0 Å². The predicted molar refractivity (Wildman–Crippen MR) is 86.9 cm³/mol. The minimum Gasteiger partial charge on any atom is -0.207 e. The standard InChI is InChI=1S/C20H27F/c1-3-4-15-6-8-17-12-18(10-9-16(17)11-15)19-7-5-14(2)20(21)13-19/h3-5,7,13,15-18H,6,8-12H2,1-2H3. The summed E-state index contributed by atoms with van der Waals surface area (Å²) in [6.07, 6.45) is 12.6. The summed E-state index contributed by atoms with van der Waals surface area (Å²) in [5, 5.41) is 0. The summed E-state index contributed by atoms with van der Waals surface area (Å²) >= 11 is 0. The average molecular weight is 286 g/mol. The molecule has 2 saturated carbocycles. The maximum absolute atomic E-state index is 13.8. The van der Waals surface area contributed by atoms with Gasteiger partial charge in [0.25, 0.3) is 0 Å². The SMILES string of the molecule is CC=CC1CCC2CC(c3ccc(C)c(F)c3)CCC2C1. The molecule has 21 heavy (non-hydrogen) atoms. The Bertz CT molecular complexity index is 517. The Hall–Kier alpha value is -1.11. The van der Waals surface area contributed by atoms with Gasteiger partial charge in [-0.1, -0.05) is 24.3 Å². The van der Waals surface area contributed by atoms with Crippen LogP contribution in [0.1, 0.15) is 62.5 Å². The minimum atomic E-state index is -0.0357. The number of hydrogen-bond acceptors (Lipinski definition) is 0. The third-order valence-electron chi connectivity index (χ3n) is 5.79. The number of hydrogen-bond donors (Lipinski definition) is 0. The molecule has 0 N–H and O–H groups in total. The lowest BCUT2D eigenvalue weighted by atomic mass is 9.64. The molecule has 2 aliphatic carbocycles. The van der Waals surface area contributed by atoms with Crippen molar-refractivity contribution in [3.8, 4) is 0 Å². The molecule has 1 aromatic carbocycles. The lowest BCUT2D eigenvalue weighted by Gasteiger charge is -2.41. The van der Waals surface area contributed by atoms with Gasteiger partial charge in [0.2, 0.25) is 0 Å². The molecule has 1 heteroatoms. The van der Waals surface area contributed by atoms with Crippen LogP contribution in [0.25, 0.3) is 0 Å². The average Bonchev–Trinajstić information content (AvgIpc) is 2.50. The summed E-state index contributed by atoms with van der Waals surface area (Å²) in [6, 6.07) is 5.88. The summed E-state index contributed by atoms with van der Waals surface area (Å²) in [7, 11) is 0. The van der Waals surface area contributed by atoms with Gasteiger partial charge in [0.15, 0.2) is 0 Å². The Morgan fingerprint density at radius 2 is 1.81 bits per heavy atom. The van der Waals surface area contributed by atoms with Crippen molar-refractivity contribution in [2.24, 2.45) is 17.8 Å². The van der Waals surface area contributed by atoms with E-state index in [4.69, 9.17) is 0 Å². The zero-order chi connectivity index (χ0) is 14.8. The van der Waals surface area contributed by atoms with Crippen LogP contribution in [0.2, 0.25) is 0 Å². The zero-order valence-electron chi connectivity index (χ0n) is 13.3. The van der Waals surface area contributed by atoms with Gasteiger partial charge in [0.05, 0.1) is 0 Å². The van der Waals surface area contributed by atoms with E-state index in [1.807, 2.05) is 13.0 Å². The Labute approximate surface area is 128 Å². The van der Waals surface area contributed by atoms with Gasteiger partial charge in [-0.2, -0.15) is 0 Å². The van der Waals surface area contributed by atoms with Crippen LogP contribution in [0.15, 0.2) is 30.4 Å². The summed E-state index contributed by atoms with van der Waals surface area (Å²) in [4.78, 5) is 0. The first-order valence-corrected chi connectivity index (χ1v) is 8.56. The zero-order valence-corrected chi connectivity index (χ0v) is 13.3. The summed E-state index contributed by atoms with van der Waals surface area (Å²) < 4.78 is 13.8. The van der Waals surface area contributed by atoms with Gasteiger partial charge in [-0.05, 0) is 93.2 Å². The van der Waals surface area contributed by atoms with Gasteiger partial charge in [-0.25, -0.2) is 4.39 Å². The molecule has 0 saturated heterocycles. The van der Waals surface area contributed by atoms with Crippen molar-refractivity contribution in [3.05, 3.63) is 47.3 Å². The van der Waals surface area contributed by atoms with Gasteiger partial charge in [0, 0.05) is 0 Å². The van der Waals surface area contributed by atoms with Crippen LogP contribution in [0.3, 0.4) is 0 Å². The molecule has 0 bridgehead atoms. The van der Waals surface area contributed by atoms with Crippen molar-refractivity contribution < 1.29 is 4.39 Å². The van der Waals surface area contributed by atoms with Crippen molar-refractivity contribution in [1.82, 2.24) is 0 Å². The largest absolute Gasteiger partial charge is 0.207 e. The Balaban J connectivity index is 1.67. The van der Waals surface area contributed by atoms with E-state index in [-0.39, 0.29) is 5.82 Å². The van der Waals surface area contributed by atoms with Crippen molar-refractivity contribution in [3.63, 3.8) is 0 Å². The molecular weight excluding hydrogens is 259 g/mol. The lowest BCUT2D eigenvalue weighted by Crippen LogP contribution is -2.30. The third kappa shape index (κ3) is 3.22. The quantitative estimate of drug-likeness (QED) is 0.584. The molecule has 0 heterocycles. The monoisotopic (exact) mass is 286 g/mol. The highest BCUT2D eigenvalue weighted by Crippen LogP contribution is 2.47. The minimum absolute atomic E-state index is 0.0357. The molecule has 3 rings (SSSR count). The van der Waals surface area contributed by atoms with E-state index in [2.05, 4.69) is 25.1 Å². The molecule has 0 nitrogen and oxygen atoms in total. The van der Waals surface area contributed by atoms with Crippen LogP contribution in [0, 0.1) is 30.5 Å². The van der Waals surface area contributed by atoms with Gasteiger partial charge < -0.3 is 0 Å². The summed E-state index contributed by atoms with van der Waals surface area (Å²) in [6.45, 7) is 3.98. The van der Waals surface area contributed by atoms with Crippen molar-refractivity contribution in [2.75, 3.05) is 0 Å². The predicted octanol–water partition coefficient (Wildman–Crippen LogP) is 6.01. The Kier molecular flexibility index (Phi) is 4.47. The maximum Gasteiger partial charge on any atom is 0.126 e. The van der Waals surface area contributed by atoms with Gasteiger partial charge in [0.1, 0.15) is 5.82 Å². The Morgan fingerprint density at radius 1 is 1.05 bits per heavy atom. The van der Waals surface area contributed by atoms with Crippen LogP contribution < -0.4 is 0 Å². The summed E-state index contributed by atoms with van der Waals surface area (Å²) in [5.74, 6) is 3.14. The van der Waals surface area contributed by atoms with Crippen LogP contribution in [-0.2, 0) is 0 Å². The first kappa shape index (κ1) is 14.8. The number of halogens is 1. The van der Waals surface area contributed by atoms with Crippen molar-refractivity contribution in [2.45, 2.75) is 58.3 Å². The molecule has 4 atom stereocenters. The fourth-order valence-corrected chi connectivity index (χ4v) is 4.54. The highest BCUT2D eigenvalue weighted by Gasteiger charge is 2.35. The number of rotatable bonds is 2. The van der Waals surface area contributed by atoms with E-state index in [1.54, 1.807) is 6.07 Å². The molecule has 0 aliphatic heterocycles. The fraction of sp³-hybridized carbons (Fsp3) is 0.600. The number of aryl methyl sites for hydroxylation is 1. The number of allylic oxidation sites excluding steroid dienone is 2. The molecule has 2 fully saturated rings. The topological polar surface area (TPSA) is 0 Å². The second-order valence-electron chi connectivity index (χ2n) is 7.14. The van der Waals surface area contributed by atoms with Crippen LogP contribution >= 0.6 is 0 Å². The molecule has 0 radical (unpaired) electrons. The molecule has 4 unspecified atom stereocenters. The van der Waals surface area contributed by atoms with E-state index >= 15 is 0 Å². The van der Waals surface area contributed by atoms with E-state index in [9.17, 15) is 4.39 Å². The molecule has 2 aliphatic rings. The molecule has 0 amide bonds. The molecule has 114 valence electrons. The second kappa shape index (κ2) is 6.34. The van der Waals surface area contributed by atoms with E-state index in [0.717, 1.165) is 23.3 Å². The lowest BCUT2D eigenvalue weighted by molar-refractivity contribution is 0.133. The fourth-order valence-electron chi connectivity index (χ4n) is 4.54. The van der Waals surface area contributed by atoms with E-state index < -0.39 is 0 Å². The Morgan fingerprint density at radius 3 is 2.57 bits per heavy atom. The highest BCUT2D eigenvalue weighted by atomic mass is 19.1. The highest BCUT2D eigenvalue weighted by molar-refractivity contribution is 5.26. The van der Waals surface area contributed by atoms with Crippen LogP contribution in [0.4, 0.5) is 4.39 Å². The first-order chi connectivity index (χ1) is 10.2. The first-order valence-electron chi connectivity index (χ1n) is 8.56. The van der Waals surface area contributed by atoms with Gasteiger partial charge in [-0.15, -0.1) is 0 Å². The third-order valence-corrected chi connectivity index (χ3v) is 5.79. The molecule has 0 aromatic heterocycles. The van der Waals surface area contributed by atoms with Crippen LogP contribution in [0.5, 0.6) is 0 Å². The molecular formula is C20H27F. The second-order valence-corrected chi connectivity index (χ2v) is 7.14. The normalized spacial score (nSPS) is 33.1. The molecule has 0 spiro atoms. The van der Waals surface area contributed by atoms with Crippen LogP contribution in [-0.4, -0.2) is 0 Å². The van der Waals surface area contributed by atoms with Crippen molar-refractivity contribution in [1.29, 1.82) is 0 Å². The van der Waals surface area contributed by atoms with Gasteiger partial charge >= 0.3 is 0 Å². The maximum atomic E-state index is 13.8. The van der Waals surface area contributed by atoms with E-state index in [1.165, 1.54) is 44.1 Å². The van der Waals surface area contributed by atoms with Crippen molar-refractivity contribution >= 4 is 0 Å². The number of benzene rings is 1. The summed E-state index contributed by atoms with van der Waals surface area (Å²) in [5.41, 5.74) is 1.99. The van der Waals surface area contributed by atoms with E-state index in [0.29, 0.717) is 5.92 Å². The molecule has 1 aromatic rings. The smallest absolute Gasteiger partial charge is 0.126 e. The number of fused-ring (bicyclic) bond motifs is 1.